The summed E-state index contributed by atoms with van der Waals surface area (Å²) in [5.74, 6) is 0.226. The molecule has 5 rings (SSSR count). The highest BCUT2D eigenvalue weighted by Gasteiger charge is 2.29. The van der Waals surface area contributed by atoms with E-state index >= 15 is 0 Å². The van der Waals surface area contributed by atoms with Crippen molar-refractivity contribution in [2.45, 2.75) is 6.92 Å². The first-order valence-electron chi connectivity index (χ1n) is 12.4. The average molecular weight is 534 g/mol. The Morgan fingerprint density at radius 3 is 2.20 bits per heavy atom. The number of carbonyl (C=O) groups excluding carboxylic acids is 3. The highest BCUT2D eigenvalue weighted by atomic mass is 16.2. The minimum absolute atomic E-state index is 0.123. The van der Waals surface area contributed by atoms with Crippen LogP contribution >= 0.6 is 0 Å². The fourth-order valence-corrected chi connectivity index (χ4v) is 4.30. The third kappa shape index (κ3) is 5.23. The van der Waals surface area contributed by atoms with E-state index in [0.717, 1.165) is 16.9 Å². The molecule has 0 unspecified atom stereocenters. The van der Waals surface area contributed by atoms with Crippen molar-refractivity contribution in [3.05, 3.63) is 102 Å². The number of anilines is 7. The summed E-state index contributed by atoms with van der Waals surface area (Å²) >= 11 is 0. The van der Waals surface area contributed by atoms with Gasteiger partial charge in [0.2, 0.25) is 11.9 Å². The number of amides is 3. The molecule has 0 aliphatic carbocycles. The second-order valence-electron chi connectivity index (χ2n) is 9.27. The predicted molar refractivity (Wildman–Crippen MR) is 157 cm³/mol. The van der Waals surface area contributed by atoms with Crippen molar-refractivity contribution in [3.8, 4) is 0 Å². The van der Waals surface area contributed by atoms with E-state index in [2.05, 4.69) is 27.5 Å². The lowest BCUT2D eigenvalue weighted by Gasteiger charge is -2.21. The summed E-state index contributed by atoms with van der Waals surface area (Å²) in [6, 6.07) is 19.4. The molecule has 10 heteroatoms. The number of carbonyl (C=O) groups is 3. The molecule has 1 aliphatic heterocycles. The molecule has 2 heterocycles. The van der Waals surface area contributed by atoms with Crippen molar-refractivity contribution in [2.75, 3.05) is 39.8 Å². The van der Waals surface area contributed by atoms with Crippen LogP contribution in [-0.2, 0) is 4.79 Å². The van der Waals surface area contributed by atoms with Gasteiger partial charge in [0.05, 0.1) is 17.4 Å². The van der Waals surface area contributed by atoms with Crippen LogP contribution in [0.1, 0.15) is 26.3 Å². The molecule has 1 aromatic heterocycles. The molecule has 4 aromatic rings. The van der Waals surface area contributed by atoms with E-state index in [4.69, 9.17) is 4.98 Å². The number of nitrogens with one attached hydrogen (secondary N) is 3. The van der Waals surface area contributed by atoms with E-state index < -0.39 is 0 Å². The molecule has 0 radical (unpaired) electrons. The molecule has 3 aromatic carbocycles. The van der Waals surface area contributed by atoms with Crippen molar-refractivity contribution >= 4 is 57.9 Å². The molecule has 40 heavy (non-hydrogen) atoms. The Labute approximate surface area is 231 Å². The molecular formula is C30H27N7O3. The molecule has 0 fully saturated rings. The standard InChI is InChI=1S/C30H27N7O3/c1-5-26(38)32-20-9-7-19(8-10-20)28(39)33-21-11-13-22(14-12-21)34-30-31-17-25-27(35-30)36(3)24-15-6-18(2)16-23(24)29(40)37(25)4/h5-17H,1H2,2-4H3,(H,32,38)(H,33,39)(H,31,34,35). The van der Waals surface area contributed by atoms with Crippen molar-refractivity contribution in [3.63, 3.8) is 0 Å². The van der Waals surface area contributed by atoms with Gasteiger partial charge in [0.1, 0.15) is 5.69 Å². The Hall–Kier alpha value is -5.51. The summed E-state index contributed by atoms with van der Waals surface area (Å²) in [6.07, 6.45) is 2.80. The Kier molecular flexibility index (Phi) is 6.98. The second-order valence-corrected chi connectivity index (χ2v) is 9.27. The SMILES string of the molecule is C=CC(=O)Nc1ccc(C(=O)Nc2ccc(Nc3ncc4c(n3)N(C)c3ccc(C)cc3C(=O)N4C)cc2)cc1. The summed E-state index contributed by atoms with van der Waals surface area (Å²) in [4.78, 5) is 49.8. The van der Waals surface area contributed by atoms with Gasteiger partial charge in [-0.2, -0.15) is 4.98 Å². The zero-order valence-corrected chi connectivity index (χ0v) is 22.2. The fourth-order valence-electron chi connectivity index (χ4n) is 4.30. The number of aromatic nitrogens is 2. The first-order valence-corrected chi connectivity index (χ1v) is 12.4. The van der Waals surface area contributed by atoms with Crippen LogP contribution in [0.25, 0.3) is 0 Å². The van der Waals surface area contributed by atoms with Crippen LogP contribution in [0.2, 0.25) is 0 Å². The molecule has 3 N–H and O–H groups in total. The topological polar surface area (TPSA) is 120 Å². The van der Waals surface area contributed by atoms with Crippen molar-refractivity contribution in [2.24, 2.45) is 0 Å². The largest absolute Gasteiger partial charge is 0.327 e. The molecule has 0 atom stereocenters. The number of hydrogen-bond acceptors (Lipinski definition) is 7. The fraction of sp³-hybridized carbons (Fsp3) is 0.100. The first-order chi connectivity index (χ1) is 19.2. The molecule has 0 spiro atoms. The Bertz CT molecular complexity index is 1630. The van der Waals surface area contributed by atoms with Crippen molar-refractivity contribution < 1.29 is 14.4 Å². The van der Waals surface area contributed by atoms with Gasteiger partial charge >= 0.3 is 0 Å². The smallest absolute Gasteiger partial charge is 0.260 e. The number of hydrogen-bond donors (Lipinski definition) is 3. The molecule has 10 nitrogen and oxygen atoms in total. The van der Waals surface area contributed by atoms with E-state index in [9.17, 15) is 14.4 Å². The molecule has 0 saturated heterocycles. The van der Waals surface area contributed by atoms with Crippen LogP contribution in [0.3, 0.4) is 0 Å². The lowest BCUT2D eigenvalue weighted by molar-refractivity contribution is -0.111. The molecule has 3 amide bonds. The zero-order chi connectivity index (χ0) is 28.4. The van der Waals surface area contributed by atoms with Gasteiger partial charge in [-0.15, -0.1) is 0 Å². The van der Waals surface area contributed by atoms with Gasteiger partial charge in [0.15, 0.2) is 5.82 Å². The van der Waals surface area contributed by atoms with Crippen LogP contribution in [0.15, 0.2) is 85.6 Å². The Balaban J connectivity index is 1.29. The summed E-state index contributed by atoms with van der Waals surface area (Å²) in [5, 5.41) is 8.68. The maximum absolute atomic E-state index is 13.1. The number of fused-ring (bicyclic) bond motifs is 2. The molecule has 1 aliphatic rings. The maximum Gasteiger partial charge on any atom is 0.260 e. The lowest BCUT2D eigenvalue weighted by atomic mass is 10.1. The molecule has 200 valence electrons. The van der Waals surface area contributed by atoms with Gasteiger partial charge < -0.3 is 25.8 Å². The summed E-state index contributed by atoms with van der Waals surface area (Å²) in [6.45, 7) is 5.37. The third-order valence-electron chi connectivity index (χ3n) is 6.48. The van der Waals surface area contributed by atoms with Crippen molar-refractivity contribution in [1.82, 2.24) is 9.97 Å². The average Bonchev–Trinajstić information content (AvgIpc) is 3.03. The minimum Gasteiger partial charge on any atom is -0.327 e. The summed E-state index contributed by atoms with van der Waals surface area (Å²) in [7, 11) is 3.59. The van der Waals surface area contributed by atoms with Gasteiger partial charge in [-0.3, -0.25) is 14.4 Å². The van der Waals surface area contributed by atoms with Crippen LogP contribution in [0, 0.1) is 6.92 Å². The highest BCUT2D eigenvalue weighted by Crippen LogP contribution is 2.38. The Morgan fingerprint density at radius 1 is 0.850 bits per heavy atom. The van der Waals surface area contributed by atoms with Gasteiger partial charge in [-0.05, 0) is 73.7 Å². The Morgan fingerprint density at radius 2 is 1.50 bits per heavy atom. The van der Waals surface area contributed by atoms with Crippen LogP contribution < -0.4 is 25.8 Å². The normalized spacial score (nSPS) is 12.1. The molecule has 0 bridgehead atoms. The van der Waals surface area contributed by atoms with Crippen molar-refractivity contribution in [1.29, 1.82) is 0 Å². The number of rotatable bonds is 6. The first kappa shape index (κ1) is 26.1. The maximum atomic E-state index is 13.1. The summed E-state index contributed by atoms with van der Waals surface area (Å²) < 4.78 is 0. The summed E-state index contributed by atoms with van der Waals surface area (Å²) in [5.41, 5.74) is 5.31. The molecular weight excluding hydrogens is 506 g/mol. The van der Waals surface area contributed by atoms with Gasteiger partial charge in [0, 0.05) is 36.7 Å². The van der Waals surface area contributed by atoms with Crippen LogP contribution in [0.4, 0.5) is 40.2 Å². The molecule has 0 saturated carbocycles. The number of nitrogens with zero attached hydrogens (tertiary/aromatic N) is 4. The van der Waals surface area contributed by atoms with E-state index in [1.807, 2.05) is 37.1 Å². The van der Waals surface area contributed by atoms with E-state index in [0.29, 0.717) is 40.0 Å². The third-order valence-corrected chi connectivity index (χ3v) is 6.48. The quantitative estimate of drug-likeness (QED) is 0.289. The van der Waals surface area contributed by atoms with Crippen LogP contribution in [-0.4, -0.2) is 41.8 Å². The second kappa shape index (κ2) is 10.7. The van der Waals surface area contributed by atoms with E-state index in [1.54, 1.807) is 66.7 Å². The minimum atomic E-state index is -0.322. The van der Waals surface area contributed by atoms with Gasteiger partial charge in [-0.1, -0.05) is 18.2 Å². The zero-order valence-electron chi connectivity index (χ0n) is 22.2. The van der Waals surface area contributed by atoms with E-state index in [-0.39, 0.29) is 17.7 Å². The number of benzene rings is 3. The monoisotopic (exact) mass is 533 g/mol. The van der Waals surface area contributed by atoms with Gasteiger partial charge in [-0.25, -0.2) is 4.98 Å². The highest BCUT2D eigenvalue weighted by molar-refractivity contribution is 6.13. The van der Waals surface area contributed by atoms with Gasteiger partial charge in [0.25, 0.3) is 11.8 Å². The van der Waals surface area contributed by atoms with Crippen LogP contribution in [0.5, 0.6) is 0 Å². The van der Waals surface area contributed by atoms with E-state index in [1.165, 1.54) is 6.08 Å². The number of aryl methyl sites for hydroxylation is 1. The lowest BCUT2D eigenvalue weighted by Crippen LogP contribution is -2.25. The predicted octanol–water partition coefficient (Wildman–Crippen LogP) is 5.26.